The van der Waals surface area contributed by atoms with E-state index in [4.69, 9.17) is 9.15 Å². The minimum absolute atomic E-state index is 0.0111. The molecule has 0 saturated heterocycles. The van der Waals surface area contributed by atoms with Crippen LogP contribution in [0.4, 0.5) is 13.2 Å². The molecular weight excluding hydrogens is 397 g/mol. The van der Waals surface area contributed by atoms with E-state index in [0.29, 0.717) is 22.3 Å². The van der Waals surface area contributed by atoms with Gasteiger partial charge in [-0.2, -0.15) is 13.2 Å². The molecule has 7 heteroatoms. The highest BCUT2D eigenvalue weighted by Gasteiger charge is 2.33. The van der Waals surface area contributed by atoms with Gasteiger partial charge in [-0.15, -0.1) is 0 Å². The number of fused-ring (bicyclic) bond motifs is 3. The summed E-state index contributed by atoms with van der Waals surface area (Å²) >= 11 is 0. The third-order valence-corrected chi connectivity index (χ3v) is 5.02. The Labute approximate surface area is 172 Å². The molecule has 30 heavy (non-hydrogen) atoms. The van der Waals surface area contributed by atoms with Crippen LogP contribution in [0.2, 0.25) is 0 Å². The molecule has 1 aromatic carbocycles. The van der Waals surface area contributed by atoms with Crippen LogP contribution in [0.1, 0.15) is 67.6 Å². The molecule has 0 spiro atoms. The molecule has 1 atom stereocenters. The van der Waals surface area contributed by atoms with Crippen molar-refractivity contribution in [1.29, 1.82) is 0 Å². The lowest BCUT2D eigenvalue weighted by Gasteiger charge is -2.27. The molecule has 2 heterocycles. The molecule has 2 aromatic rings. The minimum atomic E-state index is -4.37. The number of benzene rings is 1. The summed E-state index contributed by atoms with van der Waals surface area (Å²) in [7, 11) is 0. The van der Waals surface area contributed by atoms with E-state index < -0.39 is 18.2 Å². The molecule has 1 aromatic heterocycles. The van der Waals surface area contributed by atoms with E-state index in [-0.39, 0.29) is 46.9 Å². The monoisotopic (exact) mass is 422 g/mol. The average molecular weight is 422 g/mol. The number of halogens is 3. The molecule has 0 bridgehead atoms. The summed E-state index contributed by atoms with van der Waals surface area (Å²) in [5.74, 6) is 0.0654. The SMILES string of the molecule is Cc1c(/C=C\C(C)(C)C)c2c(c3oc(=O)cc(CCC(F)(F)F)c13)C(=O)CC(C)O2. The second-order valence-corrected chi connectivity index (χ2v) is 8.91. The van der Waals surface area contributed by atoms with E-state index in [1.165, 1.54) is 0 Å². The Balaban J connectivity index is 2.37. The Bertz CT molecular complexity index is 1090. The smallest absolute Gasteiger partial charge is 0.389 e. The summed E-state index contributed by atoms with van der Waals surface area (Å²) in [6.07, 6.45) is -2.29. The molecule has 3 rings (SSSR count). The molecular formula is C23H25F3O4. The number of aryl methyl sites for hydroxylation is 2. The molecule has 0 aliphatic carbocycles. The van der Waals surface area contributed by atoms with Crippen LogP contribution in [0.15, 0.2) is 21.4 Å². The van der Waals surface area contributed by atoms with E-state index in [2.05, 4.69) is 0 Å². The maximum absolute atomic E-state index is 12.9. The number of carbonyl (C=O) groups excluding carboxylic acids is 1. The highest BCUT2D eigenvalue weighted by molar-refractivity contribution is 6.12. The van der Waals surface area contributed by atoms with Crippen LogP contribution >= 0.6 is 0 Å². The van der Waals surface area contributed by atoms with Crippen LogP contribution < -0.4 is 10.4 Å². The Hall–Kier alpha value is -2.57. The summed E-state index contributed by atoms with van der Waals surface area (Å²) in [5, 5.41) is 0.373. The molecule has 162 valence electrons. The van der Waals surface area contributed by atoms with Gasteiger partial charge in [-0.05, 0) is 36.8 Å². The number of alkyl halides is 3. The van der Waals surface area contributed by atoms with Gasteiger partial charge in [0.2, 0.25) is 0 Å². The molecule has 1 aliphatic rings. The number of carbonyl (C=O) groups is 1. The van der Waals surface area contributed by atoms with Gasteiger partial charge in [0.25, 0.3) is 0 Å². The van der Waals surface area contributed by atoms with Crippen LogP contribution in [0.25, 0.3) is 17.0 Å². The third kappa shape index (κ3) is 4.60. The molecule has 0 amide bonds. The quantitative estimate of drug-likeness (QED) is 0.569. The predicted octanol–water partition coefficient (Wildman–Crippen LogP) is 6.01. The summed E-state index contributed by atoms with van der Waals surface area (Å²) < 4.78 is 49.9. The third-order valence-electron chi connectivity index (χ3n) is 5.02. The van der Waals surface area contributed by atoms with Crippen LogP contribution in [-0.4, -0.2) is 18.1 Å². The van der Waals surface area contributed by atoms with Crippen LogP contribution in [0.3, 0.4) is 0 Å². The van der Waals surface area contributed by atoms with Gasteiger partial charge in [0, 0.05) is 29.9 Å². The maximum atomic E-state index is 12.9. The maximum Gasteiger partial charge on any atom is 0.389 e. The molecule has 0 radical (unpaired) electrons. The Morgan fingerprint density at radius 2 is 1.87 bits per heavy atom. The highest BCUT2D eigenvalue weighted by Crippen LogP contribution is 2.42. The second kappa shape index (κ2) is 7.60. The van der Waals surface area contributed by atoms with Crippen molar-refractivity contribution in [2.24, 2.45) is 5.41 Å². The molecule has 1 unspecified atom stereocenters. The lowest BCUT2D eigenvalue weighted by molar-refractivity contribution is -0.133. The van der Waals surface area contributed by atoms with E-state index in [1.54, 1.807) is 13.8 Å². The van der Waals surface area contributed by atoms with E-state index in [0.717, 1.165) is 6.07 Å². The molecule has 0 saturated carbocycles. The van der Waals surface area contributed by atoms with Gasteiger partial charge >= 0.3 is 11.8 Å². The largest absolute Gasteiger partial charge is 0.489 e. The summed E-state index contributed by atoms with van der Waals surface area (Å²) in [6.45, 7) is 9.54. The van der Waals surface area contributed by atoms with Crippen molar-refractivity contribution in [2.75, 3.05) is 0 Å². The molecule has 0 fully saturated rings. The standard InChI is InChI=1S/C23H25F3O4/c1-12-10-16(27)19-20(29-12)15(7-8-22(3,4)5)13(2)18-14(6-9-23(24,25)26)11-17(28)30-21(18)19/h7-8,11-12H,6,9-10H2,1-5H3/b8-7-. The first-order chi connectivity index (χ1) is 13.8. The van der Waals surface area contributed by atoms with Crippen molar-refractivity contribution in [3.8, 4) is 5.75 Å². The first kappa shape index (κ1) is 22.1. The van der Waals surface area contributed by atoms with Gasteiger partial charge in [0.05, 0.1) is 0 Å². The predicted molar refractivity (Wildman–Crippen MR) is 109 cm³/mol. The van der Waals surface area contributed by atoms with E-state index in [9.17, 15) is 22.8 Å². The minimum Gasteiger partial charge on any atom is -0.489 e. The van der Waals surface area contributed by atoms with Crippen molar-refractivity contribution in [3.05, 3.63) is 44.8 Å². The fourth-order valence-electron chi connectivity index (χ4n) is 3.66. The fourth-order valence-corrected chi connectivity index (χ4v) is 3.66. The van der Waals surface area contributed by atoms with Crippen molar-refractivity contribution >= 4 is 22.8 Å². The lowest BCUT2D eigenvalue weighted by atomic mass is 9.88. The van der Waals surface area contributed by atoms with Gasteiger partial charge in [0.1, 0.15) is 17.4 Å². The van der Waals surface area contributed by atoms with Gasteiger partial charge in [0.15, 0.2) is 11.4 Å². The van der Waals surface area contributed by atoms with E-state index in [1.807, 2.05) is 32.9 Å². The number of ether oxygens (including phenoxy) is 1. The number of ketones is 1. The van der Waals surface area contributed by atoms with Gasteiger partial charge in [-0.3, -0.25) is 4.79 Å². The van der Waals surface area contributed by atoms with Gasteiger partial charge in [-0.25, -0.2) is 4.79 Å². The van der Waals surface area contributed by atoms with Gasteiger partial charge < -0.3 is 9.15 Å². The Morgan fingerprint density at radius 3 is 2.47 bits per heavy atom. The summed E-state index contributed by atoms with van der Waals surface area (Å²) in [6, 6.07) is 1.08. The highest BCUT2D eigenvalue weighted by atomic mass is 19.4. The average Bonchev–Trinajstić information content (AvgIpc) is 2.56. The first-order valence-corrected chi connectivity index (χ1v) is 9.86. The molecule has 4 nitrogen and oxygen atoms in total. The molecule has 0 N–H and O–H groups in total. The number of Topliss-reactive ketones (excluding diaryl/α,β-unsaturated/α-hetero) is 1. The normalized spacial score (nSPS) is 17.5. The number of hydrogen-bond donors (Lipinski definition) is 0. The summed E-state index contributed by atoms with van der Waals surface area (Å²) in [4.78, 5) is 25.0. The first-order valence-electron chi connectivity index (χ1n) is 9.86. The van der Waals surface area contributed by atoms with Crippen molar-refractivity contribution in [3.63, 3.8) is 0 Å². The number of allylic oxidation sites excluding steroid dienone is 1. The van der Waals surface area contributed by atoms with Crippen molar-refractivity contribution in [1.82, 2.24) is 0 Å². The lowest BCUT2D eigenvalue weighted by Crippen LogP contribution is -2.26. The summed E-state index contributed by atoms with van der Waals surface area (Å²) in [5.41, 5.74) is 0.647. The second-order valence-electron chi connectivity index (χ2n) is 8.91. The zero-order valence-corrected chi connectivity index (χ0v) is 17.7. The van der Waals surface area contributed by atoms with Crippen LogP contribution in [0, 0.1) is 12.3 Å². The zero-order valence-electron chi connectivity index (χ0n) is 17.7. The number of hydrogen-bond acceptors (Lipinski definition) is 4. The molecule has 1 aliphatic heterocycles. The van der Waals surface area contributed by atoms with Crippen LogP contribution in [0.5, 0.6) is 5.75 Å². The van der Waals surface area contributed by atoms with E-state index >= 15 is 0 Å². The Kier molecular flexibility index (Phi) is 5.60. The van der Waals surface area contributed by atoms with Crippen molar-refractivity contribution < 1.29 is 27.1 Å². The number of rotatable bonds is 3. The Morgan fingerprint density at radius 1 is 1.20 bits per heavy atom. The fraction of sp³-hybridized carbons (Fsp3) is 0.478. The topological polar surface area (TPSA) is 56.5 Å². The zero-order chi connectivity index (χ0) is 22.4. The van der Waals surface area contributed by atoms with Crippen molar-refractivity contribution in [2.45, 2.75) is 66.2 Å². The van der Waals surface area contributed by atoms with Crippen LogP contribution in [-0.2, 0) is 6.42 Å². The van der Waals surface area contributed by atoms with Gasteiger partial charge in [-0.1, -0.05) is 32.9 Å².